The first-order valence-electron chi connectivity index (χ1n) is 30.8. The molecule has 18 heteroatoms. The fourth-order valence-corrected chi connectivity index (χ4v) is 16.5. The van der Waals surface area contributed by atoms with Crippen LogP contribution in [0.5, 0.6) is 0 Å². The van der Waals surface area contributed by atoms with Crippen LogP contribution in [0.25, 0.3) is 0 Å². The Morgan fingerprint density at radius 1 is 0.633 bits per heavy atom. The molecule has 12 fully saturated rings. The predicted octanol–water partition coefficient (Wildman–Crippen LogP) is 7.58. The molecule has 79 heavy (non-hydrogen) atoms. The lowest BCUT2D eigenvalue weighted by Crippen LogP contribution is -2.59. The van der Waals surface area contributed by atoms with Crippen LogP contribution in [-0.4, -0.2) is 184 Å². The number of hydrogen-bond donors (Lipinski definition) is 1. The Hall–Kier alpha value is -1.98. The topological polar surface area (TPSA) is 193 Å². The highest BCUT2D eigenvalue weighted by molar-refractivity contribution is 5.78. The zero-order valence-electron chi connectivity index (χ0n) is 47.7. The van der Waals surface area contributed by atoms with Crippen molar-refractivity contribution in [3.63, 3.8) is 0 Å². The van der Waals surface area contributed by atoms with Gasteiger partial charge in [-0.25, -0.2) is 0 Å². The highest BCUT2D eigenvalue weighted by Crippen LogP contribution is 2.55. The number of fused-ring (bicyclic) bond motifs is 6. The van der Waals surface area contributed by atoms with E-state index in [-0.39, 0.29) is 146 Å². The predicted molar refractivity (Wildman–Crippen MR) is 283 cm³/mol. The second-order valence-electron chi connectivity index (χ2n) is 26.1. The van der Waals surface area contributed by atoms with Gasteiger partial charge in [-0.05, 0) is 93.6 Å². The second-order valence-corrected chi connectivity index (χ2v) is 26.1. The van der Waals surface area contributed by atoms with E-state index in [1.165, 1.54) is 6.92 Å². The molecule has 9 unspecified atom stereocenters. The molecule has 12 saturated heterocycles. The minimum atomic E-state index is -0.839. The zero-order chi connectivity index (χ0) is 54.8. The van der Waals surface area contributed by atoms with Crippen molar-refractivity contribution < 1.29 is 85.7 Å². The fraction of sp³-hybridized carbons (Fsp3) is 0.902. The molecule has 25 atom stereocenters. The molecule has 444 valence electrons. The van der Waals surface area contributed by atoms with Crippen LogP contribution in [0.4, 0.5) is 0 Å². The van der Waals surface area contributed by atoms with Crippen LogP contribution in [0.3, 0.4) is 0 Å². The third-order valence-electron chi connectivity index (χ3n) is 20.5. The number of methoxy groups -OCH3 is 2. The van der Waals surface area contributed by atoms with Gasteiger partial charge in [0.05, 0.1) is 110 Å². The number of aliphatic hydroxyl groups is 1. The number of hydrogen-bond acceptors (Lipinski definition) is 18. The molecule has 12 aliphatic heterocycles. The van der Waals surface area contributed by atoms with Gasteiger partial charge in [0.2, 0.25) is 0 Å². The maximum atomic E-state index is 12.7. The maximum Gasteiger partial charge on any atom is 0.302 e. The molecule has 0 aromatic carbocycles. The van der Waals surface area contributed by atoms with E-state index in [1.54, 1.807) is 14.2 Å². The molecule has 18 nitrogen and oxygen atoms in total. The molecular weight excluding hydrogens is 1020 g/mol. The average Bonchev–Trinajstić information content (AvgIpc) is 4.38. The molecule has 12 aliphatic rings. The largest absolute Gasteiger partial charge is 0.460 e. The molecule has 0 aromatic rings. The molecule has 12 rings (SSSR count). The van der Waals surface area contributed by atoms with Gasteiger partial charge in [-0.1, -0.05) is 27.0 Å². The zero-order valence-corrected chi connectivity index (χ0v) is 47.7. The monoisotopic (exact) mass is 1110 g/mol. The number of ketones is 1. The Labute approximate surface area is 467 Å². The summed E-state index contributed by atoms with van der Waals surface area (Å²) < 4.78 is 99.7. The van der Waals surface area contributed by atoms with Crippen molar-refractivity contribution in [2.75, 3.05) is 27.4 Å². The van der Waals surface area contributed by atoms with Gasteiger partial charge in [0.15, 0.2) is 17.4 Å². The lowest BCUT2D eigenvalue weighted by molar-refractivity contribution is -0.358. The first-order valence-corrected chi connectivity index (χ1v) is 30.8. The number of ether oxygens (including phenoxy) is 15. The molecule has 0 saturated carbocycles. The summed E-state index contributed by atoms with van der Waals surface area (Å²) in [5.74, 6) is -2.25. The van der Waals surface area contributed by atoms with E-state index in [1.807, 2.05) is 0 Å². The molecule has 12 heterocycles. The Morgan fingerprint density at radius 3 is 2.19 bits per heavy atom. The van der Waals surface area contributed by atoms with Crippen molar-refractivity contribution in [1.29, 1.82) is 0 Å². The quantitative estimate of drug-likeness (QED) is 0.117. The lowest BCUT2D eigenvalue weighted by Gasteiger charge is -2.53. The third kappa shape index (κ3) is 12.2. The average molecular weight is 1110 g/mol. The Bertz CT molecular complexity index is 2170. The molecule has 2 spiro atoms. The minimum absolute atomic E-state index is 0.00610. The van der Waals surface area contributed by atoms with E-state index in [2.05, 4.69) is 27.0 Å². The van der Waals surface area contributed by atoms with Gasteiger partial charge >= 0.3 is 5.97 Å². The first-order chi connectivity index (χ1) is 38.1. The first kappa shape index (κ1) is 57.5. The van der Waals surface area contributed by atoms with E-state index in [0.717, 1.165) is 94.8 Å². The van der Waals surface area contributed by atoms with Gasteiger partial charge in [-0.15, -0.1) is 0 Å². The number of carbonyl (C=O) groups is 2. The third-order valence-corrected chi connectivity index (χ3v) is 20.5. The summed E-state index contributed by atoms with van der Waals surface area (Å²) in [6, 6.07) is 0. The Morgan fingerprint density at radius 2 is 1.39 bits per heavy atom. The van der Waals surface area contributed by atoms with Gasteiger partial charge < -0.3 is 76.2 Å². The maximum absolute atomic E-state index is 12.7. The highest BCUT2D eigenvalue weighted by Gasteiger charge is 2.63. The normalized spacial score (nSPS) is 49.5. The SMILES string of the molecule is C=C1C[C@H](CCC23C[C@@H](OC)[C@@H](O2)[C@H](OC)C[C@H]([C@@H]2CCCCO2)O3)O[C@H]1CC[C@H]1C[C@@H](C)C(=C)[C@@H](CC2O[C@H]3C[C@H]4O[C@@]5(CC6O[C@@]7(CCC6O5)C[C@H](C)C5O[C@H](CC(=O)CCO)CCC5O7)CC4OC3CC2OC(C)=O)O1. The second kappa shape index (κ2) is 23.8. The van der Waals surface area contributed by atoms with Crippen molar-refractivity contribution in [2.45, 2.75) is 308 Å². The van der Waals surface area contributed by atoms with Crippen LogP contribution in [0, 0.1) is 11.8 Å². The minimum Gasteiger partial charge on any atom is -0.460 e. The summed E-state index contributed by atoms with van der Waals surface area (Å²) in [5.41, 5.74) is 2.15. The summed E-state index contributed by atoms with van der Waals surface area (Å²) in [7, 11) is 3.50. The molecular formula is C61H92O18. The van der Waals surface area contributed by atoms with Gasteiger partial charge in [-0.3, -0.25) is 9.59 Å². The van der Waals surface area contributed by atoms with Crippen LogP contribution >= 0.6 is 0 Å². The lowest BCUT2D eigenvalue weighted by atomic mass is 9.81. The van der Waals surface area contributed by atoms with E-state index >= 15 is 0 Å². The molecule has 0 amide bonds. The van der Waals surface area contributed by atoms with Gasteiger partial charge in [0.25, 0.3) is 0 Å². The summed E-state index contributed by atoms with van der Waals surface area (Å²) >= 11 is 0. The summed E-state index contributed by atoms with van der Waals surface area (Å²) in [6.07, 6.45) is 12.9. The van der Waals surface area contributed by atoms with Crippen LogP contribution in [0.15, 0.2) is 24.3 Å². The van der Waals surface area contributed by atoms with Gasteiger partial charge in [0.1, 0.15) is 18.0 Å². The van der Waals surface area contributed by atoms with Crippen molar-refractivity contribution in [3.8, 4) is 0 Å². The molecule has 0 radical (unpaired) electrons. The standard InChI is InChI=1S/C61H92O18/c1-33-22-39(11-13-42-34(2)23-41(69-42)15-18-60-32-56(66-7)58(79-60)53(65-6)28-51(76-60)43-10-8-9-21-67-43)70-46(36(33)4)25-48-47(68-37(5)63)26-49-50(72-48)27-52-54(73-49)30-61(77-52)31-55-44(74-61)16-19-59(78-55)29-35(3)57-45(75-59)14-12-40(71-57)24-38(64)17-20-62/h33,35,39-58,62H,2,4,8-32H2,1,3,5-7H3/t33-,35+,39+,40+,41+,42+,43+,44?,45?,46-,47?,48?,49?,50+,51-,52-,53-,54?,55?,56-,57?,58+,59+,60?,61-/m1/s1. The van der Waals surface area contributed by atoms with E-state index in [9.17, 15) is 14.7 Å². The van der Waals surface area contributed by atoms with Gasteiger partial charge in [-0.2, -0.15) is 0 Å². The molecule has 2 bridgehead atoms. The van der Waals surface area contributed by atoms with Crippen molar-refractivity contribution in [1.82, 2.24) is 0 Å². The number of carbonyl (C=O) groups excluding carboxylic acids is 2. The summed E-state index contributed by atoms with van der Waals surface area (Å²) in [5, 5.41) is 9.23. The number of Topliss-reactive ketones (excluding diaryl/α,β-unsaturated/α-hetero) is 1. The number of rotatable bonds is 16. The van der Waals surface area contributed by atoms with Crippen molar-refractivity contribution >= 4 is 11.8 Å². The fourth-order valence-electron chi connectivity index (χ4n) is 16.5. The van der Waals surface area contributed by atoms with Crippen LogP contribution in [0.1, 0.15) is 168 Å². The smallest absolute Gasteiger partial charge is 0.302 e. The number of esters is 1. The van der Waals surface area contributed by atoms with Crippen LogP contribution in [-0.2, 0) is 80.6 Å². The molecule has 1 N–H and O–H groups in total. The number of aliphatic hydroxyl groups excluding tert-OH is 1. The summed E-state index contributed by atoms with van der Waals surface area (Å²) in [6.45, 7) is 15.6. The van der Waals surface area contributed by atoms with E-state index < -0.39 is 29.6 Å². The van der Waals surface area contributed by atoms with Gasteiger partial charge in [0, 0.05) is 111 Å². The van der Waals surface area contributed by atoms with Crippen LogP contribution < -0.4 is 0 Å². The Kier molecular flexibility index (Phi) is 17.3. The van der Waals surface area contributed by atoms with Crippen molar-refractivity contribution in [2.24, 2.45) is 11.8 Å². The highest BCUT2D eigenvalue weighted by atomic mass is 16.8. The Balaban J connectivity index is 0.630. The molecule has 0 aromatic heterocycles. The van der Waals surface area contributed by atoms with Crippen molar-refractivity contribution in [3.05, 3.63) is 24.3 Å². The van der Waals surface area contributed by atoms with E-state index in [0.29, 0.717) is 64.2 Å². The van der Waals surface area contributed by atoms with E-state index in [4.69, 9.17) is 71.1 Å². The summed E-state index contributed by atoms with van der Waals surface area (Å²) in [4.78, 5) is 25.0. The molecule has 0 aliphatic carbocycles. The van der Waals surface area contributed by atoms with Crippen LogP contribution in [0.2, 0.25) is 0 Å².